The van der Waals surface area contributed by atoms with Gasteiger partial charge in [0.2, 0.25) is 0 Å². The van der Waals surface area contributed by atoms with Crippen molar-refractivity contribution in [2.45, 2.75) is 64.1 Å². The Bertz CT molecular complexity index is 1000. The molecular weight excluding hydrogens is 434 g/mol. The van der Waals surface area contributed by atoms with Gasteiger partial charge in [-0.2, -0.15) is 0 Å². The van der Waals surface area contributed by atoms with Crippen LogP contribution in [-0.4, -0.2) is 71.8 Å². The molecule has 3 amide bonds. The molecule has 8 heteroatoms. The molecule has 34 heavy (non-hydrogen) atoms. The molecule has 2 saturated heterocycles. The molecule has 3 aliphatic rings. The molecule has 0 aliphatic carbocycles. The first-order valence-electron chi connectivity index (χ1n) is 11.9. The molecule has 1 aromatic rings. The highest BCUT2D eigenvalue weighted by Gasteiger charge is 2.56. The Labute approximate surface area is 202 Å². The lowest BCUT2D eigenvalue weighted by Crippen LogP contribution is -2.55. The van der Waals surface area contributed by atoms with Gasteiger partial charge in [-0.3, -0.25) is 9.80 Å². The smallest absolute Gasteiger partial charge is 0.410 e. The number of carbonyl (C=O) groups excluding carboxylic acids is 2. The number of likely N-dealkylation sites (tertiary alicyclic amines) is 1. The van der Waals surface area contributed by atoms with Crippen molar-refractivity contribution in [1.29, 1.82) is 0 Å². The Kier molecular flexibility index (Phi) is 6.12. The molecule has 0 saturated carbocycles. The SMILES string of the molecule is [CH2+]CN1C(=O)N2Cc3cc(OC)cc(OC)c3[C@@H](C)C=C2C12CCN(C(=O)OC(C)(C)C)CC2. The molecule has 0 bridgehead atoms. The number of carbonyl (C=O) groups is 2. The van der Waals surface area contributed by atoms with E-state index in [9.17, 15) is 9.59 Å². The van der Waals surface area contributed by atoms with E-state index in [1.54, 1.807) is 19.1 Å². The van der Waals surface area contributed by atoms with Crippen LogP contribution in [-0.2, 0) is 11.3 Å². The first-order chi connectivity index (χ1) is 16.0. The van der Waals surface area contributed by atoms with Gasteiger partial charge in [0, 0.05) is 36.3 Å². The van der Waals surface area contributed by atoms with Gasteiger partial charge in [-0.15, -0.1) is 0 Å². The van der Waals surface area contributed by atoms with Crippen LogP contribution in [0.25, 0.3) is 0 Å². The number of allylic oxidation sites excluding steroid dienone is 1. The number of hydrogen-bond donors (Lipinski definition) is 0. The Morgan fingerprint density at radius 1 is 1.18 bits per heavy atom. The third kappa shape index (κ3) is 3.93. The number of fused-ring (bicyclic) bond motifs is 3. The fourth-order valence-electron chi connectivity index (χ4n) is 5.52. The number of methoxy groups -OCH3 is 2. The second kappa shape index (κ2) is 8.64. The monoisotopic (exact) mass is 470 g/mol. The molecule has 0 radical (unpaired) electrons. The van der Waals surface area contributed by atoms with Gasteiger partial charge in [-0.25, -0.2) is 9.59 Å². The molecule has 8 nitrogen and oxygen atoms in total. The van der Waals surface area contributed by atoms with Crippen molar-refractivity contribution in [1.82, 2.24) is 14.7 Å². The Balaban J connectivity index is 1.69. The van der Waals surface area contributed by atoms with Gasteiger partial charge >= 0.3 is 12.1 Å². The first kappa shape index (κ1) is 24.1. The van der Waals surface area contributed by atoms with Gasteiger partial charge in [-0.05, 0) is 45.2 Å². The third-order valence-electron chi connectivity index (χ3n) is 7.06. The average molecular weight is 471 g/mol. The van der Waals surface area contributed by atoms with E-state index in [-0.39, 0.29) is 18.0 Å². The van der Waals surface area contributed by atoms with E-state index in [4.69, 9.17) is 14.2 Å². The number of urea groups is 1. The summed E-state index contributed by atoms with van der Waals surface area (Å²) in [5.41, 5.74) is 2.03. The molecule has 1 spiro atoms. The summed E-state index contributed by atoms with van der Waals surface area (Å²) >= 11 is 0. The van der Waals surface area contributed by atoms with Crippen LogP contribution in [0, 0.1) is 6.92 Å². The number of ether oxygens (including phenoxy) is 3. The minimum Gasteiger partial charge on any atom is -0.497 e. The van der Waals surface area contributed by atoms with Crippen molar-refractivity contribution in [3.63, 3.8) is 0 Å². The second-order valence-corrected chi connectivity index (χ2v) is 10.3. The maximum atomic E-state index is 13.6. The molecular formula is C26H36N3O5+. The maximum absolute atomic E-state index is 13.6. The highest BCUT2D eigenvalue weighted by Crippen LogP contribution is 2.49. The number of hydrogen-bond acceptors (Lipinski definition) is 5. The molecule has 3 aliphatic heterocycles. The fraction of sp³-hybridized carbons (Fsp3) is 0.577. The van der Waals surface area contributed by atoms with Gasteiger partial charge in [0.25, 0.3) is 0 Å². The Morgan fingerprint density at radius 3 is 2.41 bits per heavy atom. The van der Waals surface area contributed by atoms with Crippen LogP contribution in [0.3, 0.4) is 0 Å². The highest BCUT2D eigenvalue weighted by molar-refractivity contribution is 5.83. The molecule has 1 aromatic carbocycles. The van der Waals surface area contributed by atoms with E-state index in [1.165, 1.54) is 0 Å². The van der Waals surface area contributed by atoms with Crippen molar-refractivity contribution >= 4 is 12.1 Å². The summed E-state index contributed by atoms with van der Waals surface area (Å²) in [6.07, 6.45) is 3.16. The normalized spacial score (nSPS) is 21.6. The molecule has 4 rings (SSSR count). The van der Waals surface area contributed by atoms with Crippen LogP contribution in [0.15, 0.2) is 23.9 Å². The molecule has 1 atom stereocenters. The summed E-state index contributed by atoms with van der Waals surface area (Å²) in [7, 11) is 3.29. The third-order valence-corrected chi connectivity index (χ3v) is 7.06. The summed E-state index contributed by atoms with van der Waals surface area (Å²) in [6, 6.07) is 3.83. The Morgan fingerprint density at radius 2 is 1.85 bits per heavy atom. The van der Waals surface area contributed by atoms with Crippen LogP contribution in [0.4, 0.5) is 9.59 Å². The molecule has 184 valence electrons. The summed E-state index contributed by atoms with van der Waals surface area (Å²) in [4.78, 5) is 31.8. The van der Waals surface area contributed by atoms with E-state index < -0.39 is 11.1 Å². The zero-order valence-corrected chi connectivity index (χ0v) is 21.1. The highest BCUT2D eigenvalue weighted by atomic mass is 16.6. The van der Waals surface area contributed by atoms with E-state index in [2.05, 4.69) is 19.9 Å². The maximum Gasteiger partial charge on any atom is 0.410 e. The summed E-state index contributed by atoms with van der Waals surface area (Å²) in [5.74, 6) is 1.50. The number of benzene rings is 1. The predicted octanol–water partition coefficient (Wildman–Crippen LogP) is 4.55. The number of amides is 3. The quantitative estimate of drug-likeness (QED) is 0.607. The van der Waals surface area contributed by atoms with Gasteiger partial charge in [-0.1, -0.05) is 13.0 Å². The minimum atomic E-state index is -0.545. The van der Waals surface area contributed by atoms with E-state index in [1.807, 2.05) is 42.7 Å². The first-order valence-corrected chi connectivity index (χ1v) is 11.9. The van der Waals surface area contributed by atoms with Gasteiger partial charge in [0.1, 0.15) is 17.1 Å². The Hall–Kier alpha value is -3.03. The summed E-state index contributed by atoms with van der Waals surface area (Å²) in [6.45, 7) is 13.6. The lowest BCUT2D eigenvalue weighted by molar-refractivity contribution is 0.0116. The summed E-state index contributed by atoms with van der Waals surface area (Å²) in [5, 5.41) is 0. The van der Waals surface area contributed by atoms with Gasteiger partial charge in [0.15, 0.2) is 6.54 Å². The molecule has 0 N–H and O–H groups in total. The molecule has 3 heterocycles. The molecule has 0 unspecified atom stereocenters. The van der Waals surface area contributed by atoms with Crippen molar-refractivity contribution in [2.75, 3.05) is 33.9 Å². The standard InChI is InChI=1S/C26H36N3O5/c1-8-29-23(30)28-16-18-14-19(32-6)15-20(33-7)22(18)17(2)13-21(28)26(29)9-11-27(12-10-26)24(31)34-25(3,4)5/h13-15,17H,1,8-12,16H2,2-7H3/q+1/t17-/m0/s1. The molecule has 2 fully saturated rings. The van der Waals surface area contributed by atoms with Crippen molar-refractivity contribution in [3.05, 3.63) is 42.0 Å². The van der Waals surface area contributed by atoms with Crippen molar-refractivity contribution in [3.8, 4) is 11.5 Å². The fourth-order valence-corrected chi connectivity index (χ4v) is 5.52. The van der Waals surface area contributed by atoms with Gasteiger partial charge in [0.05, 0.1) is 33.2 Å². The van der Waals surface area contributed by atoms with Crippen LogP contribution in [0.5, 0.6) is 11.5 Å². The lowest BCUT2D eigenvalue weighted by Gasteiger charge is -2.43. The van der Waals surface area contributed by atoms with E-state index in [0.29, 0.717) is 44.8 Å². The summed E-state index contributed by atoms with van der Waals surface area (Å²) < 4.78 is 16.8. The second-order valence-electron chi connectivity index (χ2n) is 10.3. The van der Waals surface area contributed by atoms with Crippen LogP contribution < -0.4 is 9.47 Å². The minimum absolute atomic E-state index is 0.0363. The number of nitrogens with zero attached hydrogens (tertiary/aromatic N) is 3. The van der Waals surface area contributed by atoms with Gasteiger partial charge < -0.3 is 19.1 Å². The number of rotatable bonds is 3. The van der Waals surface area contributed by atoms with Crippen molar-refractivity contribution < 1.29 is 23.8 Å². The zero-order chi connectivity index (χ0) is 24.8. The van der Waals surface area contributed by atoms with Crippen molar-refractivity contribution in [2.24, 2.45) is 0 Å². The van der Waals surface area contributed by atoms with Crippen LogP contribution in [0.2, 0.25) is 0 Å². The zero-order valence-electron chi connectivity index (χ0n) is 21.1. The predicted molar refractivity (Wildman–Crippen MR) is 129 cm³/mol. The van der Waals surface area contributed by atoms with Crippen LogP contribution >= 0.6 is 0 Å². The molecule has 0 aromatic heterocycles. The van der Waals surface area contributed by atoms with E-state index >= 15 is 0 Å². The topological polar surface area (TPSA) is 71.6 Å². The largest absolute Gasteiger partial charge is 0.497 e. The van der Waals surface area contributed by atoms with Crippen LogP contribution in [0.1, 0.15) is 57.6 Å². The number of piperidine rings is 1. The average Bonchev–Trinajstić information content (AvgIpc) is 2.89. The van der Waals surface area contributed by atoms with E-state index in [0.717, 1.165) is 22.6 Å². The lowest BCUT2D eigenvalue weighted by atomic mass is 9.82.